The minimum absolute atomic E-state index is 0.0654. The van der Waals surface area contributed by atoms with Crippen LogP contribution in [-0.2, 0) is 9.59 Å². The van der Waals surface area contributed by atoms with Gasteiger partial charge in [-0.05, 0) is 10.9 Å². The molecule has 0 fully saturated rings. The van der Waals surface area contributed by atoms with E-state index in [0.717, 1.165) is 0 Å². The van der Waals surface area contributed by atoms with Gasteiger partial charge in [-0.25, -0.2) is 0 Å². The molecular formula is C7H8B2N2O2. The van der Waals surface area contributed by atoms with Crippen molar-refractivity contribution in [3.63, 3.8) is 0 Å². The third kappa shape index (κ3) is 4.90. The number of rotatable bonds is 4. The first-order chi connectivity index (χ1) is 5.95. The lowest BCUT2D eigenvalue weighted by Gasteiger charge is -2.06. The van der Waals surface area contributed by atoms with Crippen LogP contribution in [0.4, 0.5) is 0 Å². The number of hydrogen-bond acceptors (Lipinski definition) is 2. The fraction of sp³-hybridized carbons (Fsp3) is 0.143. The Morgan fingerprint density at radius 1 is 1.00 bits per heavy atom. The molecule has 0 unspecified atom stereocenters. The Kier molecular flexibility index (Phi) is 4.66. The van der Waals surface area contributed by atoms with Crippen molar-refractivity contribution in [2.45, 2.75) is 0 Å². The van der Waals surface area contributed by atoms with Crippen molar-refractivity contribution in [3.8, 4) is 0 Å². The zero-order valence-electron chi connectivity index (χ0n) is 7.09. The van der Waals surface area contributed by atoms with E-state index < -0.39 is 11.8 Å². The van der Waals surface area contributed by atoms with Crippen LogP contribution in [0, 0.1) is 0 Å². The highest BCUT2D eigenvalue weighted by molar-refractivity contribution is 6.36. The molecule has 2 N–H and O–H groups in total. The second kappa shape index (κ2) is 5.24. The fourth-order valence-corrected chi connectivity index (χ4v) is 0.432. The van der Waals surface area contributed by atoms with Gasteiger partial charge in [0.2, 0.25) is 11.8 Å². The van der Waals surface area contributed by atoms with Crippen LogP contribution >= 0.6 is 0 Å². The molecule has 0 spiro atoms. The van der Waals surface area contributed by atoms with Crippen molar-refractivity contribution in [1.82, 2.24) is 10.6 Å². The molecule has 0 aliphatic rings. The van der Waals surface area contributed by atoms with E-state index in [0.29, 0.717) is 0 Å². The summed E-state index contributed by atoms with van der Waals surface area (Å²) in [6.45, 7) is 6.33. The summed E-state index contributed by atoms with van der Waals surface area (Å²) in [6.07, 6.45) is 0. The average molecular weight is 174 g/mol. The summed E-state index contributed by atoms with van der Waals surface area (Å²) in [6, 6.07) is 0. The first-order valence-electron chi connectivity index (χ1n) is 3.40. The molecule has 2 amide bonds. The Morgan fingerprint density at radius 3 is 1.54 bits per heavy atom. The van der Waals surface area contributed by atoms with Gasteiger partial charge < -0.3 is 10.6 Å². The summed E-state index contributed by atoms with van der Waals surface area (Å²) < 4.78 is 0. The van der Waals surface area contributed by atoms with Crippen molar-refractivity contribution < 1.29 is 9.59 Å². The lowest BCUT2D eigenvalue weighted by Crippen LogP contribution is -2.38. The number of amides is 2. The third-order valence-corrected chi connectivity index (χ3v) is 1.08. The topological polar surface area (TPSA) is 58.2 Å². The van der Waals surface area contributed by atoms with Gasteiger partial charge in [0, 0.05) is 0 Å². The van der Waals surface area contributed by atoms with Crippen LogP contribution in [0.1, 0.15) is 0 Å². The van der Waals surface area contributed by atoms with Crippen molar-refractivity contribution in [2.24, 2.45) is 0 Å². The summed E-state index contributed by atoms with van der Waals surface area (Å²) in [5, 5.41) is 4.55. The first-order valence-corrected chi connectivity index (χ1v) is 3.40. The van der Waals surface area contributed by atoms with Crippen LogP contribution < -0.4 is 10.6 Å². The fourth-order valence-electron chi connectivity index (χ4n) is 0.432. The second-order valence-corrected chi connectivity index (χ2v) is 2.24. The molecule has 0 aromatic carbocycles. The van der Waals surface area contributed by atoms with Crippen LogP contribution in [0.2, 0.25) is 0 Å². The highest BCUT2D eigenvalue weighted by Crippen LogP contribution is 1.80. The second-order valence-electron chi connectivity index (χ2n) is 2.24. The Morgan fingerprint density at radius 2 is 1.31 bits per heavy atom. The van der Waals surface area contributed by atoms with E-state index in [2.05, 4.69) is 23.8 Å². The van der Waals surface area contributed by atoms with Crippen molar-refractivity contribution >= 4 is 27.5 Å². The molecule has 0 aliphatic heterocycles. The minimum atomic E-state index is -0.539. The van der Waals surface area contributed by atoms with Gasteiger partial charge >= 0.3 is 0 Å². The number of carbonyl (C=O) groups is 2. The van der Waals surface area contributed by atoms with Crippen LogP contribution in [0.25, 0.3) is 0 Å². The number of nitrogens with one attached hydrogen (secondary N) is 2. The Labute approximate surface area is 79.3 Å². The highest BCUT2D eigenvalue weighted by atomic mass is 16.2. The third-order valence-electron chi connectivity index (χ3n) is 1.08. The number of hydrogen-bond donors (Lipinski definition) is 2. The number of carbonyl (C=O) groups excluding carboxylic acids is 2. The Hall–Kier alpha value is -1.45. The molecule has 0 aromatic heterocycles. The summed E-state index contributed by atoms with van der Waals surface area (Å²) in [5.41, 5.74) is -0.248. The molecule has 4 nitrogen and oxygen atoms in total. The Bertz CT molecular complexity index is 237. The molecule has 0 atom stereocenters. The SMILES string of the molecule is [B]C(=C)C(=O)NCNC(=O)C([B])=C. The maximum atomic E-state index is 10.8. The highest BCUT2D eigenvalue weighted by Gasteiger charge is 2.01. The van der Waals surface area contributed by atoms with Crippen molar-refractivity contribution in [1.29, 1.82) is 0 Å². The predicted octanol–water partition coefficient (Wildman–Crippen LogP) is -1.46. The molecule has 0 heterocycles. The molecule has 0 aromatic rings. The molecular weight excluding hydrogens is 166 g/mol. The molecule has 0 rings (SSSR count). The maximum absolute atomic E-state index is 10.8. The zero-order chi connectivity index (χ0) is 10.4. The normalized spacial score (nSPS) is 8.62. The molecule has 0 saturated heterocycles. The summed E-state index contributed by atoms with van der Waals surface area (Å²) in [5.74, 6) is -1.08. The lowest BCUT2D eigenvalue weighted by atomic mass is 9.97. The molecule has 6 heteroatoms. The van der Waals surface area contributed by atoms with Crippen LogP contribution in [0.15, 0.2) is 24.1 Å². The molecule has 0 aliphatic carbocycles. The smallest absolute Gasteiger partial charge is 0.237 e. The van der Waals surface area contributed by atoms with E-state index in [1.807, 2.05) is 0 Å². The van der Waals surface area contributed by atoms with Crippen molar-refractivity contribution in [2.75, 3.05) is 6.67 Å². The van der Waals surface area contributed by atoms with E-state index in [9.17, 15) is 9.59 Å². The molecule has 64 valence electrons. The van der Waals surface area contributed by atoms with Gasteiger partial charge in [0.15, 0.2) is 0 Å². The summed E-state index contributed by atoms with van der Waals surface area (Å²) in [7, 11) is 10.1. The monoisotopic (exact) mass is 174 g/mol. The lowest BCUT2D eigenvalue weighted by molar-refractivity contribution is -0.118. The predicted molar refractivity (Wildman–Crippen MR) is 50.9 cm³/mol. The van der Waals surface area contributed by atoms with E-state index >= 15 is 0 Å². The average Bonchev–Trinajstić information content (AvgIpc) is 2.03. The van der Waals surface area contributed by atoms with E-state index in [1.165, 1.54) is 0 Å². The van der Waals surface area contributed by atoms with Gasteiger partial charge in [0.1, 0.15) is 15.7 Å². The summed E-state index contributed by atoms with van der Waals surface area (Å²) >= 11 is 0. The molecule has 0 bridgehead atoms. The standard InChI is InChI=1S/C7H8B2N2O2/c1-4(8)6(12)10-3-11-7(13)5(2)9/h1-3H2,(H,10,12)(H,11,13). The quantitative estimate of drug-likeness (QED) is 0.310. The van der Waals surface area contributed by atoms with Gasteiger partial charge in [-0.15, -0.1) is 13.2 Å². The zero-order valence-corrected chi connectivity index (χ0v) is 7.09. The van der Waals surface area contributed by atoms with Crippen molar-refractivity contribution in [3.05, 3.63) is 24.1 Å². The van der Waals surface area contributed by atoms with Gasteiger partial charge in [-0.1, -0.05) is 0 Å². The summed E-state index contributed by atoms with van der Waals surface area (Å²) in [4.78, 5) is 21.5. The first kappa shape index (κ1) is 11.5. The van der Waals surface area contributed by atoms with E-state index in [1.54, 1.807) is 0 Å². The van der Waals surface area contributed by atoms with Gasteiger partial charge in [-0.2, -0.15) is 0 Å². The molecule has 0 saturated carbocycles. The maximum Gasteiger partial charge on any atom is 0.237 e. The molecule has 13 heavy (non-hydrogen) atoms. The molecule has 4 radical (unpaired) electrons. The minimum Gasteiger partial charge on any atom is -0.336 e. The van der Waals surface area contributed by atoms with Crippen LogP contribution in [0.5, 0.6) is 0 Å². The van der Waals surface area contributed by atoms with Crippen LogP contribution in [0.3, 0.4) is 0 Å². The van der Waals surface area contributed by atoms with Gasteiger partial charge in [0.25, 0.3) is 0 Å². The van der Waals surface area contributed by atoms with E-state index in [4.69, 9.17) is 15.7 Å². The van der Waals surface area contributed by atoms with E-state index in [-0.39, 0.29) is 17.6 Å². The van der Waals surface area contributed by atoms with Crippen LogP contribution in [-0.4, -0.2) is 34.2 Å². The van der Waals surface area contributed by atoms with Gasteiger partial charge in [0.05, 0.1) is 6.67 Å². The van der Waals surface area contributed by atoms with Gasteiger partial charge in [-0.3, -0.25) is 9.59 Å². The largest absolute Gasteiger partial charge is 0.336 e. The Balaban J connectivity index is 3.69.